The molecule has 440 valence electrons. The van der Waals surface area contributed by atoms with Crippen LogP contribution < -0.4 is 5.32 Å². The van der Waals surface area contributed by atoms with Crippen LogP contribution in [-0.2, 0) is 23.7 Å². The van der Waals surface area contributed by atoms with Gasteiger partial charge in [0, 0.05) is 6.42 Å². The molecule has 12 atom stereocenters. The number of hydrogen-bond acceptors (Lipinski definition) is 13. The van der Waals surface area contributed by atoms with Crippen LogP contribution in [0.2, 0.25) is 0 Å². The van der Waals surface area contributed by atoms with E-state index in [-0.39, 0.29) is 18.9 Å². The summed E-state index contributed by atoms with van der Waals surface area (Å²) in [5, 5.41) is 86.8. The van der Waals surface area contributed by atoms with Gasteiger partial charge in [0.25, 0.3) is 0 Å². The minimum absolute atomic E-state index is 0.262. The van der Waals surface area contributed by atoms with Crippen molar-refractivity contribution in [3.8, 4) is 0 Å². The predicted molar refractivity (Wildman–Crippen MR) is 309 cm³/mol. The maximum absolute atomic E-state index is 13.2. The Morgan fingerprint density at radius 3 is 1.38 bits per heavy atom. The Hall–Kier alpha value is -3.35. The molecular weight excluding hydrogens is 979 g/mol. The Labute approximate surface area is 464 Å². The lowest BCUT2D eigenvalue weighted by molar-refractivity contribution is -0.359. The van der Waals surface area contributed by atoms with Gasteiger partial charge in [-0.05, 0) is 89.9 Å². The second kappa shape index (κ2) is 47.5. The van der Waals surface area contributed by atoms with Crippen molar-refractivity contribution in [2.75, 3.05) is 19.8 Å². The monoisotopic (exact) mass is 1080 g/mol. The third-order valence-corrected chi connectivity index (χ3v) is 13.7. The van der Waals surface area contributed by atoms with Crippen molar-refractivity contribution < 1.29 is 64.6 Å². The number of aliphatic hydroxyl groups is 8. The highest BCUT2D eigenvalue weighted by Crippen LogP contribution is 2.30. The van der Waals surface area contributed by atoms with Gasteiger partial charge in [-0.1, -0.05) is 200 Å². The lowest BCUT2D eigenvalue weighted by Crippen LogP contribution is -2.65. The van der Waals surface area contributed by atoms with Crippen molar-refractivity contribution in [1.29, 1.82) is 0 Å². The Kier molecular flexibility index (Phi) is 43.0. The summed E-state index contributed by atoms with van der Waals surface area (Å²) in [6.07, 6.45) is 50.2. The first-order chi connectivity index (χ1) is 37.6. The standard InChI is InChI=1S/C63H105NO13/c1-3-5-7-9-11-13-15-16-17-18-19-20-21-22-23-24-25-26-27-28-29-30-31-32-33-34-35-36-37-39-41-43-45-47-55(68)64-51(52(67)46-44-42-40-38-14-12-10-8-6-4-2)50-74-62-60(73)58(71)61(54(49-66)76-62)77-63-59(72)57(70)56(69)53(48-65)75-63/h5-8,11,13-14,16-17,19-20,22-23,25-26,38,44,46,51-54,56-63,65-67,69-73H,3-4,9-10,12,15,18,21,24,27-37,39-43,45,47-50H2,1-2H3,(H,64,68)/b7-5-,8-6+,13-11-,17-16-,20-19-,23-22-,26-25-,38-14+,46-44+. The van der Waals surface area contributed by atoms with E-state index in [2.05, 4.69) is 116 Å². The summed E-state index contributed by atoms with van der Waals surface area (Å²) in [6.45, 7) is 2.50. The lowest BCUT2D eigenvalue weighted by atomic mass is 9.97. The Balaban J connectivity index is 1.64. The van der Waals surface area contributed by atoms with E-state index < -0.39 is 86.8 Å². The summed E-state index contributed by atoms with van der Waals surface area (Å²) >= 11 is 0. The molecule has 0 aliphatic carbocycles. The number of ether oxygens (including phenoxy) is 4. The molecule has 14 heteroatoms. The molecule has 77 heavy (non-hydrogen) atoms. The number of nitrogens with one attached hydrogen (secondary N) is 1. The van der Waals surface area contributed by atoms with Crippen LogP contribution in [0, 0.1) is 0 Å². The molecule has 2 fully saturated rings. The van der Waals surface area contributed by atoms with Crippen molar-refractivity contribution >= 4 is 5.91 Å². The summed E-state index contributed by atoms with van der Waals surface area (Å²) in [7, 11) is 0. The number of allylic oxidation sites excluding steroid dienone is 17. The maximum Gasteiger partial charge on any atom is 0.220 e. The van der Waals surface area contributed by atoms with E-state index in [9.17, 15) is 45.6 Å². The summed E-state index contributed by atoms with van der Waals surface area (Å²) < 4.78 is 22.7. The highest BCUT2D eigenvalue weighted by Gasteiger charge is 2.51. The predicted octanol–water partition coefficient (Wildman–Crippen LogP) is 10.1. The molecule has 12 unspecified atom stereocenters. The highest BCUT2D eigenvalue weighted by molar-refractivity contribution is 5.76. The zero-order valence-corrected chi connectivity index (χ0v) is 47.2. The van der Waals surface area contributed by atoms with E-state index in [4.69, 9.17) is 18.9 Å². The van der Waals surface area contributed by atoms with E-state index in [0.717, 1.165) is 83.5 Å². The van der Waals surface area contributed by atoms with E-state index >= 15 is 0 Å². The summed E-state index contributed by atoms with van der Waals surface area (Å²) in [5.74, 6) is -0.262. The van der Waals surface area contributed by atoms with Gasteiger partial charge >= 0.3 is 0 Å². The largest absolute Gasteiger partial charge is 0.394 e. The quantitative estimate of drug-likeness (QED) is 0.0205. The Morgan fingerprint density at radius 2 is 0.870 bits per heavy atom. The molecule has 2 heterocycles. The van der Waals surface area contributed by atoms with Crippen LogP contribution in [0.25, 0.3) is 0 Å². The first-order valence-corrected chi connectivity index (χ1v) is 29.6. The van der Waals surface area contributed by atoms with Crippen LogP contribution >= 0.6 is 0 Å². The summed E-state index contributed by atoms with van der Waals surface area (Å²) in [5.41, 5.74) is 0. The molecule has 0 saturated carbocycles. The summed E-state index contributed by atoms with van der Waals surface area (Å²) in [6, 6.07) is -0.942. The molecular formula is C63H105NO13. The minimum atomic E-state index is -1.80. The molecule has 0 spiro atoms. The van der Waals surface area contributed by atoms with Gasteiger partial charge in [-0.2, -0.15) is 0 Å². The van der Waals surface area contributed by atoms with Crippen LogP contribution in [0.4, 0.5) is 0 Å². The van der Waals surface area contributed by atoms with Crippen LogP contribution in [0.15, 0.2) is 109 Å². The average Bonchev–Trinajstić information content (AvgIpc) is 3.45. The zero-order valence-electron chi connectivity index (χ0n) is 47.2. The molecule has 2 saturated heterocycles. The van der Waals surface area contributed by atoms with Gasteiger partial charge in [0.15, 0.2) is 12.6 Å². The van der Waals surface area contributed by atoms with Crippen molar-refractivity contribution in [3.63, 3.8) is 0 Å². The molecule has 2 rings (SSSR count). The van der Waals surface area contributed by atoms with Gasteiger partial charge in [-0.15, -0.1) is 0 Å². The zero-order chi connectivity index (χ0) is 56.0. The fourth-order valence-corrected chi connectivity index (χ4v) is 8.98. The molecule has 9 N–H and O–H groups in total. The number of hydrogen-bond donors (Lipinski definition) is 9. The first kappa shape index (κ1) is 69.8. The molecule has 14 nitrogen and oxygen atoms in total. The Bertz CT molecular complexity index is 1700. The SMILES string of the molecule is CC/C=C\C/C=C\C/C=C\C/C=C\C/C=C\C/C=C\CCCCCCCCCCCCCCCCC(=O)NC(COC1OC(CO)C(OC2OC(CO)C(O)C(O)C2O)C(O)C1O)C(O)/C=C/CC/C=C/CC/C=C/CC. The number of unbranched alkanes of at least 4 members (excludes halogenated alkanes) is 16. The van der Waals surface area contributed by atoms with Crippen molar-refractivity contribution in [3.05, 3.63) is 109 Å². The van der Waals surface area contributed by atoms with E-state index in [1.165, 1.54) is 70.6 Å². The van der Waals surface area contributed by atoms with Crippen molar-refractivity contribution in [2.45, 2.75) is 261 Å². The van der Waals surface area contributed by atoms with E-state index in [1.54, 1.807) is 6.08 Å². The molecule has 0 aromatic carbocycles. The van der Waals surface area contributed by atoms with Gasteiger partial charge in [0.2, 0.25) is 5.91 Å². The Morgan fingerprint density at radius 1 is 0.468 bits per heavy atom. The minimum Gasteiger partial charge on any atom is -0.394 e. The number of aliphatic hydroxyl groups excluding tert-OH is 8. The van der Waals surface area contributed by atoms with Gasteiger partial charge in [-0.25, -0.2) is 0 Å². The summed E-state index contributed by atoms with van der Waals surface area (Å²) in [4.78, 5) is 13.2. The van der Waals surface area contributed by atoms with Gasteiger partial charge in [0.1, 0.15) is 48.8 Å². The number of amides is 1. The van der Waals surface area contributed by atoms with Crippen LogP contribution in [0.5, 0.6) is 0 Å². The second-order valence-corrected chi connectivity index (χ2v) is 20.3. The molecule has 0 aromatic rings. The topological polar surface area (TPSA) is 228 Å². The van der Waals surface area contributed by atoms with Gasteiger partial charge in [0.05, 0.1) is 32.0 Å². The van der Waals surface area contributed by atoms with Crippen molar-refractivity contribution in [1.82, 2.24) is 5.32 Å². The molecule has 0 aromatic heterocycles. The molecule has 2 aliphatic heterocycles. The first-order valence-electron chi connectivity index (χ1n) is 29.6. The molecule has 0 bridgehead atoms. The normalized spacial score (nSPS) is 25.5. The van der Waals surface area contributed by atoms with E-state index in [0.29, 0.717) is 12.8 Å². The fraction of sp³-hybridized carbons (Fsp3) is 0.698. The number of carbonyl (C=O) groups is 1. The molecule has 2 aliphatic rings. The number of rotatable bonds is 45. The lowest BCUT2D eigenvalue weighted by Gasteiger charge is -2.46. The second-order valence-electron chi connectivity index (χ2n) is 20.3. The van der Waals surface area contributed by atoms with Crippen LogP contribution in [0.3, 0.4) is 0 Å². The third kappa shape index (κ3) is 33.1. The molecule has 0 radical (unpaired) electrons. The van der Waals surface area contributed by atoms with Crippen molar-refractivity contribution in [2.24, 2.45) is 0 Å². The maximum atomic E-state index is 13.2. The van der Waals surface area contributed by atoms with Gasteiger partial charge in [-0.3, -0.25) is 4.79 Å². The smallest absolute Gasteiger partial charge is 0.220 e. The highest BCUT2D eigenvalue weighted by atomic mass is 16.7. The van der Waals surface area contributed by atoms with E-state index in [1.807, 2.05) is 6.08 Å². The van der Waals surface area contributed by atoms with Crippen LogP contribution in [0.1, 0.15) is 187 Å². The molecule has 1 amide bonds. The average molecular weight is 1080 g/mol. The number of carbonyl (C=O) groups excluding carboxylic acids is 1. The van der Waals surface area contributed by atoms with Gasteiger partial charge < -0.3 is 65.1 Å². The fourth-order valence-electron chi connectivity index (χ4n) is 8.98. The third-order valence-electron chi connectivity index (χ3n) is 13.7. The van der Waals surface area contributed by atoms with Crippen LogP contribution in [-0.4, -0.2) is 140 Å².